The number of aromatic amines is 2. The quantitative estimate of drug-likeness (QED) is 0.447. The average Bonchev–Trinajstić information content (AvgIpc) is 3.47. The van der Waals surface area contributed by atoms with Gasteiger partial charge in [-0.1, -0.05) is 32.0 Å². The molecule has 0 bridgehead atoms. The molecule has 0 radical (unpaired) electrons. The zero-order chi connectivity index (χ0) is 22.4. The van der Waals surface area contributed by atoms with Gasteiger partial charge in [0.25, 0.3) is 0 Å². The van der Waals surface area contributed by atoms with E-state index in [9.17, 15) is 14.0 Å². The van der Waals surface area contributed by atoms with Crippen LogP contribution in [0.3, 0.4) is 0 Å². The maximum Gasteiger partial charge on any atom is 0.229 e. The van der Waals surface area contributed by atoms with Crippen molar-refractivity contribution in [1.82, 2.24) is 25.5 Å². The second kappa shape index (κ2) is 7.74. The average molecular weight is 434 g/mol. The molecule has 2 aromatic heterocycles. The van der Waals surface area contributed by atoms with Crippen LogP contribution < -0.4 is 10.2 Å². The summed E-state index contributed by atoms with van der Waals surface area (Å²) in [7, 11) is 0. The van der Waals surface area contributed by atoms with Crippen LogP contribution in [0.5, 0.6) is 0 Å². The Labute approximate surface area is 183 Å². The van der Waals surface area contributed by atoms with Crippen LogP contribution in [0.15, 0.2) is 42.5 Å². The highest BCUT2D eigenvalue weighted by atomic mass is 19.1. The molecule has 1 fully saturated rings. The molecule has 2 atom stereocenters. The van der Waals surface area contributed by atoms with Crippen molar-refractivity contribution in [3.8, 4) is 0 Å². The Morgan fingerprint density at radius 3 is 2.75 bits per heavy atom. The van der Waals surface area contributed by atoms with Crippen molar-refractivity contribution in [2.24, 2.45) is 11.8 Å². The molecule has 9 heteroatoms. The van der Waals surface area contributed by atoms with E-state index in [1.165, 1.54) is 11.0 Å². The van der Waals surface area contributed by atoms with Gasteiger partial charge in [0.15, 0.2) is 5.82 Å². The maximum atomic E-state index is 14.4. The van der Waals surface area contributed by atoms with E-state index in [0.717, 1.165) is 11.0 Å². The molecule has 1 saturated heterocycles. The number of rotatable bonds is 5. The van der Waals surface area contributed by atoms with E-state index in [2.05, 4.69) is 25.5 Å². The van der Waals surface area contributed by atoms with Crippen LogP contribution in [0.4, 0.5) is 10.2 Å². The lowest BCUT2D eigenvalue weighted by Crippen LogP contribution is -2.38. The minimum absolute atomic E-state index is 0.0413. The summed E-state index contributed by atoms with van der Waals surface area (Å²) < 4.78 is 14.4. The lowest BCUT2D eigenvalue weighted by molar-refractivity contribution is -0.127. The minimum Gasteiger partial charge on any atom is -0.346 e. The second-order valence-corrected chi connectivity index (χ2v) is 8.48. The zero-order valence-corrected chi connectivity index (χ0v) is 17.7. The summed E-state index contributed by atoms with van der Waals surface area (Å²) >= 11 is 0. The van der Waals surface area contributed by atoms with Gasteiger partial charge in [-0.15, -0.1) is 0 Å². The van der Waals surface area contributed by atoms with Gasteiger partial charge in [0.05, 0.1) is 33.9 Å². The molecule has 0 spiro atoms. The molecule has 3 heterocycles. The number of para-hydroxylation sites is 2. The molecular weight excluding hydrogens is 411 g/mol. The number of anilines is 1. The first-order chi connectivity index (χ1) is 15.4. The van der Waals surface area contributed by atoms with Crippen LogP contribution in [0.1, 0.15) is 32.1 Å². The Kier molecular flexibility index (Phi) is 4.88. The molecule has 3 N–H and O–H groups in total. The van der Waals surface area contributed by atoms with Gasteiger partial charge in [0, 0.05) is 13.0 Å². The molecule has 0 unspecified atom stereocenters. The smallest absolute Gasteiger partial charge is 0.229 e. The number of hydrogen-bond acceptors (Lipinski definition) is 4. The van der Waals surface area contributed by atoms with Gasteiger partial charge in [-0.05, 0) is 30.2 Å². The number of nitrogens with one attached hydrogen (secondary N) is 3. The van der Waals surface area contributed by atoms with Gasteiger partial charge in [0.2, 0.25) is 11.8 Å². The highest BCUT2D eigenvalue weighted by molar-refractivity contribution is 6.05. The van der Waals surface area contributed by atoms with Crippen molar-refractivity contribution in [3.63, 3.8) is 0 Å². The zero-order valence-electron chi connectivity index (χ0n) is 17.7. The summed E-state index contributed by atoms with van der Waals surface area (Å²) in [6.07, 6.45) is 0.0413. The molecule has 164 valence electrons. The molecule has 1 aliphatic rings. The van der Waals surface area contributed by atoms with E-state index in [0.29, 0.717) is 11.3 Å². The maximum absolute atomic E-state index is 14.4. The summed E-state index contributed by atoms with van der Waals surface area (Å²) in [4.78, 5) is 35.1. The van der Waals surface area contributed by atoms with E-state index in [1.807, 2.05) is 38.1 Å². The Hall–Kier alpha value is -3.75. The summed E-state index contributed by atoms with van der Waals surface area (Å²) in [5, 5.41) is 10.2. The third kappa shape index (κ3) is 3.39. The summed E-state index contributed by atoms with van der Waals surface area (Å²) in [6.45, 7) is 4.15. The number of carbonyl (C=O) groups is 2. The first-order valence-electron chi connectivity index (χ1n) is 10.6. The van der Waals surface area contributed by atoms with E-state index in [-0.39, 0.29) is 47.9 Å². The van der Waals surface area contributed by atoms with Gasteiger partial charge in [-0.3, -0.25) is 19.6 Å². The Balaban J connectivity index is 1.36. The molecule has 5 rings (SSSR count). The van der Waals surface area contributed by atoms with Gasteiger partial charge in [-0.2, -0.15) is 5.10 Å². The largest absolute Gasteiger partial charge is 0.346 e. The number of benzene rings is 2. The third-order valence-electron chi connectivity index (χ3n) is 5.94. The molecule has 4 aromatic rings. The van der Waals surface area contributed by atoms with Crippen LogP contribution in [-0.4, -0.2) is 38.5 Å². The number of nitrogens with zero attached hydrogens (tertiary/aromatic N) is 3. The lowest BCUT2D eigenvalue weighted by atomic mass is 10.0. The fraction of sp³-hybridized carbons (Fsp3) is 0.304. The van der Waals surface area contributed by atoms with Crippen LogP contribution >= 0.6 is 0 Å². The number of imidazole rings is 1. The summed E-state index contributed by atoms with van der Waals surface area (Å²) in [6, 6.07) is 12.0. The van der Waals surface area contributed by atoms with Crippen LogP contribution in [0.2, 0.25) is 0 Å². The highest BCUT2D eigenvalue weighted by Gasteiger charge is 2.38. The van der Waals surface area contributed by atoms with Gasteiger partial charge >= 0.3 is 0 Å². The van der Waals surface area contributed by atoms with Crippen molar-refractivity contribution >= 4 is 39.6 Å². The Morgan fingerprint density at radius 1 is 1.19 bits per heavy atom. The standard InChI is InChI=1S/C23H23FN6O2/c1-12(2)20(21-25-15-7-3-4-8-16(15)26-21)27-23(32)13-10-18(31)30(11-13)22-19-14(24)6-5-9-17(19)28-29-22/h3-9,12-13,20H,10-11H2,1-2H3,(H,25,26)(H,27,32)(H,28,29)/t13-,20-/m1/s1. The van der Waals surface area contributed by atoms with Crippen LogP contribution in [-0.2, 0) is 9.59 Å². The summed E-state index contributed by atoms with van der Waals surface area (Å²) in [5.74, 6) is -0.542. The van der Waals surface area contributed by atoms with Gasteiger partial charge in [0.1, 0.15) is 11.6 Å². The number of halogens is 1. The van der Waals surface area contributed by atoms with Gasteiger partial charge in [-0.25, -0.2) is 9.37 Å². The van der Waals surface area contributed by atoms with Gasteiger partial charge < -0.3 is 10.3 Å². The van der Waals surface area contributed by atoms with Crippen molar-refractivity contribution < 1.29 is 14.0 Å². The van der Waals surface area contributed by atoms with Crippen molar-refractivity contribution in [1.29, 1.82) is 0 Å². The van der Waals surface area contributed by atoms with E-state index < -0.39 is 11.7 Å². The fourth-order valence-electron chi connectivity index (χ4n) is 4.24. The molecule has 1 aliphatic heterocycles. The Morgan fingerprint density at radius 2 is 1.97 bits per heavy atom. The van der Waals surface area contributed by atoms with Crippen molar-refractivity contribution in [2.45, 2.75) is 26.3 Å². The minimum atomic E-state index is -0.563. The molecule has 8 nitrogen and oxygen atoms in total. The molecular formula is C23H23FN6O2. The third-order valence-corrected chi connectivity index (χ3v) is 5.94. The predicted octanol–water partition coefficient (Wildman–Crippen LogP) is 3.44. The summed E-state index contributed by atoms with van der Waals surface area (Å²) in [5.41, 5.74) is 2.24. The first-order valence-corrected chi connectivity index (χ1v) is 10.6. The molecule has 0 saturated carbocycles. The Bertz CT molecular complexity index is 1290. The highest BCUT2D eigenvalue weighted by Crippen LogP contribution is 2.32. The monoisotopic (exact) mass is 434 g/mol. The van der Waals surface area contributed by atoms with E-state index in [1.54, 1.807) is 12.1 Å². The number of carbonyl (C=O) groups excluding carboxylic acids is 2. The number of fused-ring (bicyclic) bond motifs is 2. The molecule has 32 heavy (non-hydrogen) atoms. The number of aromatic nitrogens is 4. The lowest BCUT2D eigenvalue weighted by Gasteiger charge is -2.22. The van der Waals surface area contributed by atoms with Crippen molar-refractivity contribution in [3.05, 3.63) is 54.1 Å². The van der Waals surface area contributed by atoms with Crippen molar-refractivity contribution in [2.75, 3.05) is 11.4 Å². The van der Waals surface area contributed by atoms with E-state index >= 15 is 0 Å². The number of hydrogen-bond donors (Lipinski definition) is 3. The predicted molar refractivity (Wildman–Crippen MR) is 118 cm³/mol. The second-order valence-electron chi connectivity index (χ2n) is 8.48. The van der Waals surface area contributed by atoms with Crippen LogP contribution in [0, 0.1) is 17.7 Å². The van der Waals surface area contributed by atoms with E-state index in [4.69, 9.17) is 0 Å². The number of amides is 2. The topological polar surface area (TPSA) is 107 Å². The molecule has 2 aromatic carbocycles. The number of H-pyrrole nitrogens is 2. The fourth-order valence-corrected chi connectivity index (χ4v) is 4.24. The van der Waals surface area contributed by atoms with Crippen LogP contribution in [0.25, 0.3) is 21.9 Å². The SMILES string of the molecule is CC(C)[C@@H](NC(=O)[C@@H]1CC(=O)N(c2n[nH]c3cccc(F)c23)C1)c1nc2ccccc2[nH]1. The normalized spacial score (nSPS) is 17.6. The first kappa shape index (κ1) is 20.2. The molecule has 2 amide bonds. The molecule has 0 aliphatic carbocycles.